The Morgan fingerprint density at radius 2 is 2.00 bits per heavy atom. The number of aromatic nitrogens is 1. The van der Waals surface area contributed by atoms with Gasteiger partial charge in [-0.2, -0.15) is 0 Å². The number of amides is 1. The summed E-state index contributed by atoms with van der Waals surface area (Å²) in [5.74, 6) is -0.268. The van der Waals surface area contributed by atoms with Gasteiger partial charge in [-0.15, -0.1) is 0 Å². The van der Waals surface area contributed by atoms with Crippen LogP contribution < -0.4 is 10.6 Å². The van der Waals surface area contributed by atoms with Crippen molar-refractivity contribution in [2.45, 2.75) is 13.8 Å². The lowest BCUT2D eigenvalue weighted by molar-refractivity contribution is 0.0977. The topological polar surface area (TPSA) is 54.0 Å². The maximum Gasteiger partial charge on any atom is 0.257 e. The highest BCUT2D eigenvalue weighted by Gasteiger charge is 2.10. The van der Waals surface area contributed by atoms with Gasteiger partial charge >= 0.3 is 0 Å². The number of pyridine rings is 1. The van der Waals surface area contributed by atoms with E-state index in [-0.39, 0.29) is 11.0 Å². The normalized spacial score (nSPS) is 10.0. The van der Waals surface area contributed by atoms with E-state index in [0.717, 1.165) is 11.1 Å². The van der Waals surface area contributed by atoms with Crippen LogP contribution in [0.3, 0.4) is 0 Å². The van der Waals surface area contributed by atoms with E-state index in [1.165, 1.54) is 0 Å². The number of benzene rings is 1. The highest BCUT2D eigenvalue weighted by atomic mass is 35.5. The molecule has 21 heavy (non-hydrogen) atoms. The van der Waals surface area contributed by atoms with Crippen molar-refractivity contribution in [2.75, 3.05) is 5.32 Å². The molecule has 6 heteroatoms. The van der Waals surface area contributed by atoms with E-state index in [1.807, 2.05) is 26.0 Å². The number of hydrogen-bond donors (Lipinski definition) is 2. The van der Waals surface area contributed by atoms with Crippen molar-refractivity contribution in [2.24, 2.45) is 0 Å². The largest absolute Gasteiger partial charge is 0.330 e. The van der Waals surface area contributed by atoms with Crippen LogP contribution in [-0.2, 0) is 0 Å². The molecule has 0 atom stereocenters. The highest BCUT2D eigenvalue weighted by molar-refractivity contribution is 7.80. The van der Waals surface area contributed by atoms with Gasteiger partial charge in [0, 0.05) is 11.8 Å². The van der Waals surface area contributed by atoms with Gasteiger partial charge < -0.3 is 5.32 Å². The number of halogens is 1. The number of nitrogens with one attached hydrogen (secondary N) is 2. The van der Waals surface area contributed by atoms with Crippen molar-refractivity contribution in [3.05, 3.63) is 58.4 Å². The molecule has 0 unspecified atom stereocenters. The van der Waals surface area contributed by atoms with E-state index in [2.05, 4.69) is 15.6 Å². The lowest BCUT2D eigenvalue weighted by Crippen LogP contribution is -2.34. The minimum atomic E-state index is -0.268. The number of rotatable bonds is 2. The summed E-state index contributed by atoms with van der Waals surface area (Å²) < 4.78 is 0. The second-order valence-corrected chi connectivity index (χ2v) is 5.32. The Morgan fingerprint density at radius 3 is 2.67 bits per heavy atom. The van der Waals surface area contributed by atoms with Gasteiger partial charge in [-0.1, -0.05) is 17.7 Å². The Hall–Kier alpha value is -1.98. The number of anilines is 1. The summed E-state index contributed by atoms with van der Waals surface area (Å²) >= 11 is 11.0. The molecular weight excluding hydrogens is 306 g/mol. The number of aryl methyl sites for hydroxylation is 2. The summed E-state index contributed by atoms with van der Waals surface area (Å²) in [6.07, 6.45) is 1.57. The van der Waals surface area contributed by atoms with Crippen molar-refractivity contribution in [3.63, 3.8) is 0 Å². The fourth-order valence-electron chi connectivity index (χ4n) is 1.69. The summed E-state index contributed by atoms with van der Waals surface area (Å²) in [5, 5.41) is 5.92. The Kier molecular flexibility index (Phi) is 4.88. The van der Waals surface area contributed by atoms with Crippen LogP contribution in [0.2, 0.25) is 5.15 Å². The van der Waals surface area contributed by atoms with Crippen molar-refractivity contribution in [1.29, 1.82) is 0 Å². The maximum absolute atomic E-state index is 12.1. The lowest BCUT2D eigenvalue weighted by Gasteiger charge is -2.11. The van der Waals surface area contributed by atoms with Gasteiger partial charge in [0.2, 0.25) is 0 Å². The van der Waals surface area contributed by atoms with Gasteiger partial charge in [-0.3, -0.25) is 10.1 Å². The zero-order chi connectivity index (χ0) is 15.4. The Morgan fingerprint density at radius 1 is 1.24 bits per heavy atom. The third kappa shape index (κ3) is 4.00. The van der Waals surface area contributed by atoms with Gasteiger partial charge in [0.25, 0.3) is 5.91 Å². The van der Waals surface area contributed by atoms with Crippen LogP contribution in [0.25, 0.3) is 0 Å². The average molecular weight is 320 g/mol. The van der Waals surface area contributed by atoms with Crippen LogP contribution in [0, 0.1) is 13.8 Å². The Labute approximate surface area is 133 Å². The third-order valence-corrected chi connectivity index (χ3v) is 3.51. The first-order chi connectivity index (χ1) is 9.97. The highest BCUT2D eigenvalue weighted by Crippen LogP contribution is 2.17. The molecule has 0 spiro atoms. The molecule has 0 bridgehead atoms. The Balaban J connectivity index is 2.04. The minimum Gasteiger partial charge on any atom is -0.330 e. The number of nitrogens with zero attached hydrogens (tertiary/aromatic N) is 1. The first-order valence-electron chi connectivity index (χ1n) is 6.27. The molecule has 0 aliphatic rings. The summed E-state index contributed by atoms with van der Waals surface area (Å²) in [7, 11) is 0. The van der Waals surface area contributed by atoms with E-state index in [9.17, 15) is 4.79 Å². The lowest BCUT2D eigenvalue weighted by atomic mass is 10.1. The quantitative estimate of drug-likeness (QED) is 0.657. The van der Waals surface area contributed by atoms with Crippen LogP contribution >= 0.6 is 23.8 Å². The molecule has 2 aromatic rings. The molecule has 108 valence electrons. The van der Waals surface area contributed by atoms with Crippen LogP contribution in [0.1, 0.15) is 21.5 Å². The van der Waals surface area contributed by atoms with Crippen LogP contribution in [0.5, 0.6) is 0 Å². The first kappa shape index (κ1) is 15.4. The molecule has 0 saturated carbocycles. The van der Waals surface area contributed by atoms with Crippen molar-refractivity contribution < 1.29 is 4.79 Å². The van der Waals surface area contributed by atoms with Crippen LogP contribution in [-0.4, -0.2) is 16.0 Å². The second-order valence-electron chi connectivity index (χ2n) is 4.55. The molecule has 2 N–H and O–H groups in total. The molecule has 1 heterocycles. The first-order valence-corrected chi connectivity index (χ1v) is 7.06. The zero-order valence-corrected chi connectivity index (χ0v) is 13.2. The van der Waals surface area contributed by atoms with Gasteiger partial charge in [0.1, 0.15) is 0 Å². The average Bonchev–Trinajstić information content (AvgIpc) is 2.44. The van der Waals surface area contributed by atoms with Crippen LogP contribution in [0.15, 0.2) is 36.5 Å². The smallest absolute Gasteiger partial charge is 0.257 e. The molecule has 1 aromatic carbocycles. The molecule has 0 saturated heterocycles. The van der Waals surface area contributed by atoms with E-state index in [0.29, 0.717) is 16.4 Å². The number of carbonyl (C=O) groups is 1. The van der Waals surface area contributed by atoms with Crippen molar-refractivity contribution in [1.82, 2.24) is 10.3 Å². The molecule has 0 fully saturated rings. The van der Waals surface area contributed by atoms with E-state index < -0.39 is 0 Å². The predicted molar refractivity (Wildman–Crippen MR) is 88.8 cm³/mol. The molecular formula is C15H14ClN3OS. The fourth-order valence-corrected chi connectivity index (χ4v) is 2.06. The van der Waals surface area contributed by atoms with Crippen molar-refractivity contribution >= 4 is 40.5 Å². The molecule has 0 aliphatic carbocycles. The summed E-state index contributed by atoms with van der Waals surface area (Å²) in [4.78, 5) is 16.0. The van der Waals surface area contributed by atoms with Gasteiger partial charge in [-0.05, 0) is 61.5 Å². The molecule has 1 amide bonds. The van der Waals surface area contributed by atoms with Gasteiger partial charge in [0.15, 0.2) is 10.3 Å². The van der Waals surface area contributed by atoms with E-state index in [1.54, 1.807) is 24.4 Å². The van der Waals surface area contributed by atoms with E-state index in [4.69, 9.17) is 23.8 Å². The number of carbonyl (C=O) groups excluding carboxylic acids is 1. The maximum atomic E-state index is 12.1. The fraction of sp³-hybridized carbons (Fsp3) is 0.133. The molecule has 1 aromatic heterocycles. The Bertz CT molecular complexity index is 703. The zero-order valence-electron chi connectivity index (χ0n) is 11.6. The van der Waals surface area contributed by atoms with Gasteiger partial charge in [0.05, 0.1) is 5.69 Å². The number of hydrogen-bond acceptors (Lipinski definition) is 3. The SMILES string of the molecule is Cc1ccc(C(=O)NC(=S)Nc2cccnc2Cl)cc1C. The van der Waals surface area contributed by atoms with E-state index >= 15 is 0 Å². The monoisotopic (exact) mass is 319 g/mol. The number of thiocarbonyl (C=S) groups is 1. The molecule has 4 nitrogen and oxygen atoms in total. The summed E-state index contributed by atoms with van der Waals surface area (Å²) in [5.41, 5.74) is 3.29. The van der Waals surface area contributed by atoms with Gasteiger partial charge in [-0.25, -0.2) is 4.98 Å². The van der Waals surface area contributed by atoms with Crippen molar-refractivity contribution in [3.8, 4) is 0 Å². The molecule has 0 radical (unpaired) electrons. The minimum absolute atomic E-state index is 0.174. The van der Waals surface area contributed by atoms with Crippen LogP contribution in [0.4, 0.5) is 5.69 Å². The third-order valence-electron chi connectivity index (χ3n) is 3.00. The molecule has 0 aliphatic heterocycles. The second kappa shape index (κ2) is 6.65. The summed E-state index contributed by atoms with van der Waals surface area (Å²) in [6.45, 7) is 3.95. The predicted octanol–water partition coefficient (Wildman–Crippen LogP) is 3.48. The molecule has 2 rings (SSSR count). The summed E-state index contributed by atoms with van der Waals surface area (Å²) in [6, 6.07) is 8.94. The standard InChI is InChI=1S/C15H14ClN3OS/c1-9-5-6-11(8-10(9)2)14(20)19-15(21)18-12-4-3-7-17-13(12)16/h3-8H,1-2H3,(H2,18,19,20,21).